The van der Waals surface area contributed by atoms with Gasteiger partial charge in [-0.15, -0.1) is 0 Å². The highest BCUT2D eigenvalue weighted by atomic mass is 14.9. The first-order valence-electron chi connectivity index (χ1n) is 5.18. The smallest absolute Gasteiger partial charge is 0.00709 e. The van der Waals surface area contributed by atoms with Crippen molar-refractivity contribution in [1.29, 1.82) is 0 Å². The molecule has 1 fully saturated rings. The molecule has 1 saturated heterocycles. The second-order valence-corrected chi connectivity index (χ2v) is 3.86. The van der Waals surface area contributed by atoms with Crippen LogP contribution >= 0.6 is 0 Å². The van der Waals surface area contributed by atoms with Gasteiger partial charge >= 0.3 is 0 Å². The third-order valence-electron chi connectivity index (χ3n) is 2.99. The average molecular weight is 175 g/mol. The molecule has 0 unspecified atom stereocenters. The van der Waals surface area contributed by atoms with Crippen LogP contribution in [-0.4, -0.2) is 12.6 Å². The summed E-state index contributed by atoms with van der Waals surface area (Å²) in [5.41, 5.74) is 1.49. The molecule has 2 atom stereocenters. The zero-order chi connectivity index (χ0) is 9.10. The first-order chi connectivity index (χ1) is 6.40. The molecule has 1 aliphatic rings. The van der Waals surface area contributed by atoms with E-state index in [1.54, 1.807) is 0 Å². The van der Waals surface area contributed by atoms with Gasteiger partial charge in [-0.2, -0.15) is 0 Å². The van der Waals surface area contributed by atoms with Crippen LogP contribution in [0.4, 0.5) is 0 Å². The molecule has 0 radical (unpaired) electrons. The summed E-state index contributed by atoms with van der Waals surface area (Å²) < 4.78 is 0. The monoisotopic (exact) mass is 175 g/mol. The zero-order valence-electron chi connectivity index (χ0n) is 8.16. The number of hydrogen-bond donors (Lipinski definition) is 1. The largest absolute Gasteiger partial charge is 0.313 e. The topological polar surface area (TPSA) is 12.0 Å². The van der Waals surface area contributed by atoms with E-state index in [9.17, 15) is 0 Å². The van der Waals surface area contributed by atoms with Crippen molar-refractivity contribution in [2.75, 3.05) is 6.54 Å². The minimum atomic E-state index is 0.741. The Morgan fingerprint density at radius 3 is 2.69 bits per heavy atom. The van der Waals surface area contributed by atoms with Crippen LogP contribution in [0.25, 0.3) is 0 Å². The van der Waals surface area contributed by atoms with Gasteiger partial charge in [0, 0.05) is 12.6 Å². The summed E-state index contributed by atoms with van der Waals surface area (Å²) >= 11 is 0. The quantitative estimate of drug-likeness (QED) is 0.728. The molecular formula is C12H17N. The highest BCUT2D eigenvalue weighted by Crippen LogP contribution is 2.26. The van der Waals surface area contributed by atoms with E-state index in [2.05, 4.69) is 42.6 Å². The van der Waals surface area contributed by atoms with Gasteiger partial charge in [-0.1, -0.05) is 37.3 Å². The third-order valence-corrected chi connectivity index (χ3v) is 2.99. The van der Waals surface area contributed by atoms with Gasteiger partial charge in [-0.05, 0) is 24.3 Å². The van der Waals surface area contributed by atoms with Crippen LogP contribution in [0.15, 0.2) is 30.3 Å². The lowest BCUT2D eigenvalue weighted by Crippen LogP contribution is -2.19. The minimum Gasteiger partial charge on any atom is -0.313 e. The summed E-state index contributed by atoms with van der Waals surface area (Å²) in [5, 5.41) is 3.55. The molecule has 1 aliphatic heterocycles. The fourth-order valence-electron chi connectivity index (χ4n) is 2.11. The van der Waals surface area contributed by atoms with E-state index in [1.807, 2.05) is 0 Å². The van der Waals surface area contributed by atoms with Crippen LogP contribution in [0.5, 0.6) is 0 Å². The van der Waals surface area contributed by atoms with Crippen molar-refractivity contribution in [3.8, 4) is 0 Å². The zero-order valence-corrected chi connectivity index (χ0v) is 8.16. The van der Waals surface area contributed by atoms with E-state index in [0.29, 0.717) is 0 Å². The number of nitrogens with one attached hydrogen (secondary N) is 1. The van der Waals surface area contributed by atoms with Gasteiger partial charge in [0.25, 0.3) is 0 Å². The summed E-state index contributed by atoms with van der Waals surface area (Å²) in [6, 6.07) is 11.6. The van der Waals surface area contributed by atoms with E-state index < -0.39 is 0 Å². The lowest BCUT2D eigenvalue weighted by Gasteiger charge is -2.08. The van der Waals surface area contributed by atoms with Crippen molar-refractivity contribution in [2.45, 2.75) is 31.7 Å². The maximum Gasteiger partial charge on any atom is 0.00709 e. The maximum atomic E-state index is 3.55. The highest BCUT2D eigenvalue weighted by molar-refractivity contribution is 5.21. The highest BCUT2D eigenvalue weighted by Gasteiger charge is 2.23. The van der Waals surface area contributed by atoms with E-state index >= 15 is 0 Å². The third kappa shape index (κ3) is 1.92. The lowest BCUT2D eigenvalue weighted by atomic mass is 9.96. The van der Waals surface area contributed by atoms with E-state index in [4.69, 9.17) is 0 Å². The number of benzene rings is 1. The summed E-state index contributed by atoms with van der Waals surface area (Å²) in [7, 11) is 0. The molecular weight excluding hydrogens is 158 g/mol. The summed E-state index contributed by atoms with van der Waals surface area (Å²) in [5.74, 6) is 0.742. The Kier molecular flexibility index (Phi) is 2.65. The van der Waals surface area contributed by atoms with E-state index in [-0.39, 0.29) is 0 Å². The number of rotatable bonds is 2. The molecule has 1 heteroatoms. The van der Waals surface area contributed by atoms with Gasteiger partial charge in [0.15, 0.2) is 0 Å². The van der Waals surface area contributed by atoms with Gasteiger partial charge in [-0.25, -0.2) is 0 Å². The molecule has 0 saturated carbocycles. The molecule has 1 aromatic rings. The average Bonchev–Trinajstić information content (AvgIpc) is 2.67. The van der Waals surface area contributed by atoms with Crippen LogP contribution < -0.4 is 5.32 Å². The maximum absolute atomic E-state index is 3.55. The van der Waals surface area contributed by atoms with E-state index in [1.165, 1.54) is 18.4 Å². The van der Waals surface area contributed by atoms with Crippen molar-refractivity contribution >= 4 is 0 Å². The van der Waals surface area contributed by atoms with Gasteiger partial charge in [0.1, 0.15) is 0 Å². The van der Waals surface area contributed by atoms with Crippen molar-refractivity contribution in [3.63, 3.8) is 0 Å². The molecule has 0 bridgehead atoms. The summed E-state index contributed by atoms with van der Waals surface area (Å²) in [6.07, 6.45) is 2.56. The van der Waals surface area contributed by atoms with E-state index in [0.717, 1.165) is 18.5 Å². The van der Waals surface area contributed by atoms with Crippen molar-refractivity contribution < 1.29 is 0 Å². The molecule has 2 rings (SSSR count). The minimum absolute atomic E-state index is 0.741. The molecule has 1 aromatic carbocycles. The first-order valence-corrected chi connectivity index (χ1v) is 5.18. The molecule has 0 amide bonds. The molecule has 1 heterocycles. The van der Waals surface area contributed by atoms with Crippen molar-refractivity contribution in [3.05, 3.63) is 35.9 Å². The van der Waals surface area contributed by atoms with Gasteiger partial charge < -0.3 is 5.32 Å². The van der Waals surface area contributed by atoms with Gasteiger partial charge in [-0.3, -0.25) is 0 Å². The SMILES string of the molecule is CC[C@@H]1C[C@H](c2ccccc2)CN1. The Balaban J connectivity index is 2.04. The summed E-state index contributed by atoms with van der Waals surface area (Å²) in [6.45, 7) is 3.41. The fraction of sp³-hybridized carbons (Fsp3) is 0.500. The van der Waals surface area contributed by atoms with Crippen LogP contribution in [-0.2, 0) is 0 Å². The molecule has 1 nitrogen and oxygen atoms in total. The lowest BCUT2D eigenvalue weighted by molar-refractivity contribution is 0.583. The molecule has 1 N–H and O–H groups in total. The molecule has 70 valence electrons. The van der Waals surface area contributed by atoms with Crippen LogP contribution in [0.3, 0.4) is 0 Å². The Morgan fingerprint density at radius 1 is 1.31 bits per heavy atom. The van der Waals surface area contributed by atoms with Crippen molar-refractivity contribution in [1.82, 2.24) is 5.32 Å². The number of hydrogen-bond acceptors (Lipinski definition) is 1. The Bertz CT molecular complexity index is 255. The van der Waals surface area contributed by atoms with Crippen molar-refractivity contribution in [2.24, 2.45) is 0 Å². The second-order valence-electron chi connectivity index (χ2n) is 3.86. The molecule has 0 spiro atoms. The molecule has 0 aromatic heterocycles. The Labute approximate surface area is 80.2 Å². The molecule has 13 heavy (non-hydrogen) atoms. The fourth-order valence-corrected chi connectivity index (χ4v) is 2.11. The standard InChI is InChI=1S/C12H17N/c1-2-12-8-11(9-13-12)10-6-4-3-5-7-10/h3-7,11-13H,2,8-9H2,1H3/t11-,12+/m0/s1. The predicted octanol–water partition coefficient (Wildman–Crippen LogP) is 2.54. The second kappa shape index (κ2) is 3.93. The van der Waals surface area contributed by atoms with Gasteiger partial charge in [0.2, 0.25) is 0 Å². The summed E-state index contributed by atoms with van der Waals surface area (Å²) in [4.78, 5) is 0. The van der Waals surface area contributed by atoms with Crippen LogP contribution in [0.1, 0.15) is 31.2 Å². The Morgan fingerprint density at radius 2 is 2.08 bits per heavy atom. The normalized spacial score (nSPS) is 27.8. The van der Waals surface area contributed by atoms with Crippen LogP contribution in [0, 0.1) is 0 Å². The van der Waals surface area contributed by atoms with Gasteiger partial charge in [0.05, 0.1) is 0 Å². The Hall–Kier alpha value is -0.820. The predicted molar refractivity (Wildman–Crippen MR) is 55.9 cm³/mol. The van der Waals surface area contributed by atoms with Crippen LogP contribution in [0.2, 0.25) is 0 Å². The first kappa shape index (κ1) is 8.76. The molecule has 0 aliphatic carbocycles.